The van der Waals surface area contributed by atoms with Crippen LogP contribution in [0.2, 0.25) is 0 Å². The molecule has 3 amide bonds. The van der Waals surface area contributed by atoms with Crippen molar-refractivity contribution >= 4 is 45.8 Å². The van der Waals surface area contributed by atoms with Gasteiger partial charge in [0.2, 0.25) is 5.91 Å². The number of hydrogen-bond donors (Lipinski definition) is 2. The van der Waals surface area contributed by atoms with Crippen LogP contribution >= 0.6 is 23.1 Å². The molecule has 0 aliphatic rings. The molecule has 1 aromatic carbocycles. The monoisotopic (exact) mass is 405 g/mol. The molecule has 1 aromatic heterocycles. The summed E-state index contributed by atoms with van der Waals surface area (Å²) in [5, 5.41) is 7.37. The minimum Gasteiger partial charge on any atom is -0.339 e. The maximum Gasteiger partial charge on any atom is 0.285 e. The van der Waals surface area contributed by atoms with E-state index < -0.39 is 6.04 Å². The van der Waals surface area contributed by atoms with Crippen molar-refractivity contribution < 1.29 is 14.4 Å². The predicted molar refractivity (Wildman–Crippen MR) is 110 cm³/mol. The number of carbonyl (C=O) groups excluding carboxylic acids is 3. The van der Waals surface area contributed by atoms with Gasteiger partial charge in [-0.2, -0.15) is 0 Å². The Kier molecular flexibility index (Phi) is 7.44. The molecule has 8 heteroatoms. The van der Waals surface area contributed by atoms with Crippen molar-refractivity contribution in [3.63, 3.8) is 0 Å². The van der Waals surface area contributed by atoms with Gasteiger partial charge in [-0.3, -0.25) is 14.4 Å². The maximum absolute atomic E-state index is 12.6. The zero-order valence-corrected chi connectivity index (χ0v) is 17.3. The molecular weight excluding hydrogens is 382 g/mol. The summed E-state index contributed by atoms with van der Waals surface area (Å²) in [4.78, 5) is 39.5. The zero-order chi connectivity index (χ0) is 20.0. The summed E-state index contributed by atoms with van der Waals surface area (Å²) in [5.41, 5.74) is 0.609. The number of nitrogens with one attached hydrogen (secondary N) is 2. The molecule has 0 aliphatic heterocycles. The summed E-state index contributed by atoms with van der Waals surface area (Å²) in [5.74, 6) is -0.603. The minimum absolute atomic E-state index is 0.0667. The van der Waals surface area contributed by atoms with Crippen LogP contribution in [-0.2, 0) is 4.79 Å². The molecule has 1 atom stereocenters. The van der Waals surface area contributed by atoms with Gasteiger partial charge >= 0.3 is 0 Å². The lowest BCUT2D eigenvalue weighted by molar-refractivity contribution is -0.118. The molecule has 2 aromatic rings. The Morgan fingerprint density at radius 3 is 2.26 bits per heavy atom. The highest BCUT2D eigenvalue weighted by molar-refractivity contribution is 8.13. The summed E-state index contributed by atoms with van der Waals surface area (Å²) in [6.45, 7) is 3.76. The number of rotatable bonds is 6. The third-order valence-corrected chi connectivity index (χ3v) is 5.59. The molecule has 0 bridgehead atoms. The van der Waals surface area contributed by atoms with Gasteiger partial charge < -0.3 is 15.5 Å². The largest absolute Gasteiger partial charge is 0.339 e. The highest BCUT2D eigenvalue weighted by Gasteiger charge is 2.25. The first-order valence-electron chi connectivity index (χ1n) is 8.42. The molecule has 0 radical (unpaired) electrons. The second kappa shape index (κ2) is 9.57. The highest BCUT2D eigenvalue weighted by Crippen LogP contribution is 2.22. The standard InChI is InChI=1S/C19H23N3O3S2/c1-12(2)16(21-17(23)15-6-5-11-26-15)18(24)20-13-7-9-14(10-8-13)27-19(25)22(3)4/h5-12,16H,1-4H3,(H,20,24)(H,21,23). The second-order valence-corrected chi connectivity index (χ2v) is 8.42. The fraction of sp³-hybridized carbons (Fsp3) is 0.316. The lowest BCUT2D eigenvalue weighted by atomic mass is 10.0. The number of thiophene rings is 1. The molecule has 1 heterocycles. The molecule has 144 valence electrons. The first-order chi connectivity index (χ1) is 12.8. The van der Waals surface area contributed by atoms with Crippen LogP contribution < -0.4 is 10.6 Å². The molecule has 0 saturated carbocycles. The van der Waals surface area contributed by atoms with Gasteiger partial charge in [-0.15, -0.1) is 11.3 Å². The Morgan fingerprint density at radius 2 is 1.74 bits per heavy atom. The maximum atomic E-state index is 12.6. The summed E-state index contributed by atoms with van der Waals surface area (Å²) in [6.07, 6.45) is 0. The molecule has 0 aliphatic carbocycles. The number of carbonyl (C=O) groups is 3. The average Bonchev–Trinajstić information content (AvgIpc) is 3.15. The molecule has 6 nitrogen and oxygen atoms in total. The lowest BCUT2D eigenvalue weighted by Crippen LogP contribution is -2.46. The van der Waals surface area contributed by atoms with Crippen LogP contribution in [0.25, 0.3) is 0 Å². The van der Waals surface area contributed by atoms with E-state index >= 15 is 0 Å². The van der Waals surface area contributed by atoms with E-state index in [1.807, 2.05) is 19.2 Å². The van der Waals surface area contributed by atoms with Gasteiger partial charge in [0.25, 0.3) is 11.1 Å². The SMILES string of the molecule is CC(C)C(NC(=O)c1cccs1)C(=O)Nc1ccc(SC(=O)N(C)C)cc1. The predicted octanol–water partition coefficient (Wildman–Crippen LogP) is 3.91. The van der Waals surface area contributed by atoms with Gasteiger partial charge in [0.05, 0.1) is 4.88 Å². The number of thioether (sulfide) groups is 1. The van der Waals surface area contributed by atoms with Crippen molar-refractivity contribution in [3.8, 4) is 0 Å². The third-order valence-electron chi connectivity index (χ3n) is 3.67. The molecule has 0 fully saturated rings. The summed E-state index contributed by atoms with van der Waals surface area (Å²) >= 11 is 2.45. The van der Waals surface area contributed by atoms with E-state index in [9.17, 15) is 14.4 Å². The normalized spacial score (nSPS) is 11.7. The number of anilines is 1. The smallest absolute Gasteiger partial charge is 0.285 e. The molecular formula is C19H23N3O3S2. The first-order valence-corrected chi connectivity index (χ1v) is 10.1. The first kappa shape index (κ1) is 21.0. The van der Waals surface area contributed by atoms with E-state index in [0.717, 1.165) is 16.7 Å². The Bertz CT molecular complexity index is 787. The van der Waals surface area contributed by atoms with E-state index in [0.29, 0.717) is 10.6 Å². The minimum atomic E-state index is -0.649. The Hall–Kier alpha value is -2.32. The zero-order valence-electron chi connectivity index (χ0n) is 15.7. The second-order valence-electron chi connectivity index (χ2n) is 6.45. The van der Waals surface area contributed by atoms with Crippen LogP contribution in [0.1, 0.15) is 23.5 Å². The molecule has 0 spiro atoms. The van der Waals surface area contributed by atoms with Gasteiger partial charge in [0.1, 0.15) is 6.04 Å². The van der Waals surface area contributed by atoms with Gasteiger partial charge in [0.15, 0.2) is 0 Å². The molecule has 0 saturated heterocycles. The fourth-order valence-electron chi connectivity index (χ4n) is 2.17. The van der Waals surface area contributed by atoms with Gasteiger partial charge in [-0.1, -0.05) is 19.9 Å². The molecule has 2 rings (SSSR count). The van der Waals surface area contributed by atoms with Crippen LogP contribution in [-0.4, -0.2) is 42.1 Å². The number of nitrogens with zero attached hydrogens (tertiary/aromatic N) is 1. The van der Waals surface area contributed by atoms with E-state index in [1.54, 1.807) is 50.5 Å². The van der Waals surface area contributed by atoms with E-state index in [2.05, 4.69) is 10.6 Å². The van der Waals surface area contributed by atoms with Crippen LogP contribution in [0.5, 0.6) is 0 Å². The number of benzene rings is 1. The summed E-state index contributed by atoms with van der Waals surface area (Å²) in [7, 11) is 3.39. The van der Waals surface area contributed by atoms with Crippen LogP contribution in [0, 0.1) is 5.92 Å². The number of hydrogen-bond acceptors (Lipinski definition) is 5. The topological polar surface area (TPSA) is 78.5 Å². The van der Waals surface area contributed by atoms with Gasteiger partial charge in [-0.25, -0.2) is 0 Å². The Morgan fingerprint density at radius 1 is 1.07 bits per heavy atom. The third kappa shape index (κ3) is 6.11. The average molecular weight is 406 g/mol. The summed E-state index contributed by atoms with van der Waals surface area (Å²) < 4.78 is 0. The van der Waals surface area contributed by atoms with Gasteiger partial charge in [0, 0.05) is 24.7 Å². The van der Waals surface area contributed by atoms with Crippen molar-refractivity contribution in [3.05, 3.63) is 46.7 Å². The Labute approximate surface area is 167 Å². The van der Waals surface area contributed by atoms with Crippen molar-refractivity contribution in [2.24, 2.45) is 5.92 Å². The number of amides is 3. The van der Waals surface area contributed by atoms with Crippen LogP contribution in [0.15, 0.2) is 46.7 Å². The van der Waals surface area contributed by atoms with Crippen molar-refractivity contribution in [2.45, 2.75) is 24.8 Å². The quantitative estimate of drug-likeness (QED) is 0.714. The van der Waals surface area contributed by atoms with Crippen molar-refractivity contribution in [2.75, 3.05) is 19.4 Å². The summed E-state index contributed by atoms with van der Waals surface area (Å²) in [6, 6.07) is 9.89. The van der Waals surface area contributed by atoms with E-state index in [1.165, 1.54) is 16.2 Å². The van der Waals surface area contributed by atoms with E-state index in [-0.39, 0.29) is 23.0 Å². The van der Waals surface area contributed by atoms with Crippen LogP contribution in [0.3, 0.4) is 0 Å². The Balaban J connectivity index is 2.00. The fourth-order valence-corrected chi connectivity index (χ4v) is 3.46. The molecule has 27 heavy (non-hydrogen) atoms. The molecule has 2 N–H and O–H groups in total. The highest BCUT2D eigenvalue weighted by atomic mass is 32.2. The lowest BCUT2D eigenvalue weighted by Gasteiger charge is -2.21. The molecule has 1 unspecified atom stereocenters. The van der Waals surface area contributed by atoms with Crippen molar-refractivity contribution in [1.29, 1.82) is 0 Å². The van der Waals surface area contributed by atoms with E-state index in [4.69, 9.17) is 0 Å². The van der Waals surface area contributed by atoms with Crippen molar-refractivity contribution in [1.82, 2.24) is 10.2 Å². The van der Waals surface area contributed by atoms with Gasteiger partial charge in [-0.05, 0) is 53.4 Å². The van der Waals surface area contributed by atoms with Crippen LogP contribution in [0.4, 0.5) is 10.5 Å².